The molecule has 6 atom stereocenters. The van der Waals surface area contributed by atoms with E-state index in [2.05, 4.69) is 6.92 Å². The van der Waals surface area contributed by atoms with E-state index in [1.54, 1.807) is 18.6 Å². The Morgan fingerprint density at radius 1 is 1.37 bits per heavy atom. The van der Waals surface area contributed by atoms with Gasteiger partial charge >= 0.3 is 11.9 Å². The van der Waals surface area contributed by atoms with Crippen molar-refractivity contribution in [2.24, 2.45) is 22.7 Å². The molecule has 146 valence electrons. The summed E-state index contributed by atoms with van der Waals surface area (Å²) in [4.78, 5) is 25.3. The average molecular weight is 374 g/mol. The quantitative estimate of drug-likeness (QED) is 0.632. The van der Waals surface area contributed by atoms with E-state index in [1.807, 2.05) is 19.1 Å². The maximum atomic E-state index is 12.8. The van der Waals surface area contributed by atoms with Crippen LogP contribution < -0.4 is 0 Å². The van der Waals surface area contributed by atoms with E-state index in [0.29, 0.717) is 25.7 Å². The maximum Gasteiger partial charge on any atom is 0.342 e. The lowest BCUT2D eigenvalue weighted by Gasteiger charge is -2.62. The molecule has 1 aliphatic heterocycles. The van der Waals surface area contributed by atoms with Crippen molar-refractivity contribution < 1.29 is 28.6 Å². The Balaban J connectivity index is 1.76. The molecule has 1 saturated carbocycles. The van der Waals surface area contributed by atoms with Gasteiger partial charge in [-0.05, 0) is 49.2 Å². The molecule has 2 heterocycles. The fourth-order valence-corrected chi connectivity index (χ4v) is 5.91. The van der Waals surface area contributed by atoms with Gasteiger partial charge in [-0.3, -0.25) is 4.79 Å². The van der Waals surface area contributed by atoms with Gasteiger partial charge in [-0.2, -0.15) is 0 Å². The number of methoxy groups -OCH3 is 1. The molecule has 2 fully saturated rings. The van der Waals surface area contributed by atoms with E-state index in [4.69, 9.17) is 13.9 Å². The largest absolute Gasteiger partial charge is 0.472 e. The summed E-state index contributed by atoms with van der Waals surface area (Å²) in [6, 6.07) is 1.81. The van der Waals surface area contributed by atoms with Gasteiger partial charge < -0.3 is 19.0 Å². The van der Waals surface area contributed by atoms with Crippen molar-refractivity contribution in [3.05, 3.63) is 36.3 Å². The number of esters is 2. The lowest BCUT2D eigenvalue weighted by atomic mass is 9.43. The maximum absolute atomic E-state index is 12.8. The molecule has 0 amide bonds. The molecule has 0 spiro atoms. The van der Waals surface area contributed by atoms with Gasteiger partial charge in [0, 0.05) is 11.0 Å². The molecule has 0 unspecified atom stereocenters. The second-order valence-corrected chi connectivity index (χ2v) is 8.65. The third-order valence-corrected chi connectivity index (χ3v) is 7.49. The summed E-state index contributed by atoms with van der Waals surface area (Å²) in [5, 5.41) is 11.3. The van der Waals surface area contributed by atoms with Crippen LogP contribution in [-0.2, 0) is 19.1 Å². The minimum atomic E-state index is -1.69. The Morgan fingerprint density at radius 2 is 2.15 bits per heavy atom. The highest BCUT2D eigenvalue weighted by Gasteiger charge is 2.67. The Hall–Kier alpha value is -2.08. The fraction of sp³-hybridized carbons (Fsp3) is 0.619. The van der Waals surface area contributed by atoms with Gasteiger partial charge in [-0.25, -0.2) is 4.79 Å². The predicted octanol–water partition coefficient (Wildman–Crippen LogP) is 3.17. The molecule has 1 saturated heterocycles. The van der Waals surface area contributed by atoms with Crippen molar-refractivity contribution in [3.63, 3.8) is 0 Å². The number of cyclic esters (lactones) is 1. The van der Waals surface area contributed by atoms with E-state index in [1.165, 1.54) is 7.11 Å². The zero-order chi connectivity index (χ0) is 19.4. The van der Waals surface area contributed by atoms with E-state index in [9.17, 15) is 14.7 Å². The second-order valence-electron chi connectivity index (χ2n) is 8.65. The Bertz CT molecular complexity index is 783. The number of hydrogen-bond acceptors (Lipinski definition) is 6. The molecule has 1 aromatic rings. The summed E-state index contributed by atoms with van der Waals surface area (Å²) in [5.74, 6) is -1.14. The zero-order valence-corrected chi connectivity index (χ0v) is 15.9. The molecule has 0 aromatic carbocycles. The second kappa shape index (κ2) is 5.96. The van der Waals surface area contributed by atoms with Crippen LogP contribution in [0.4, 0.5) is 0 Å². The molecule has 1 N–H and O–H groups in total. The third kappa shape index (κ3) is 2.35. The first-order chi connectivity index (χ1) is 12.8. The number of aliphatic hydroxyl groups is 1. The van der Waals surface area contributed by atoms with Gasteiger partial charge in [0.25, 0.3) is 0 Å². The third-order valence-electron chi connectivity index (χ3n) is 7.49. The molecule has 0 bridgehead atoms. The Morgan fingerprint density at radius 3 is 2.81 bits per heavy atom. The molecule has 6 nitrogen and oxygen atoms in total. The monoisotopic (exact) mass is 374 g/mol. The van der Waals surface area contributed by atoms with Crippen molar-refractivity contribution in [2.75, 3.05) is 7.11 Å². The van der Waals surface area contributed by atoms with Crippen molar-refractivity contribution in [3.8, 4) is 0 Å². The normalized spacial score (nSPS) is 43.4. The van der Waals surface area contributed by atoms with Crippen LogP contribution in [0, 0.1) is 22.7 Å². The number of rotatable bonds is 2. The minimum Gasteiger partial charge on any atom is -0.472 e. The van der Waals surface area contributed by atoms with Crippen LogP contribution in [0.25, 0.3) is 0 Å². The molecule has 3 aliphatic rings. The van der Waals surface area contributed by atoms with Crippen molar-refractivity contribution in [1.29, 1.82) is 0 Å². The lowest BCUT2D eigenvalue weighted by Crippen LogP contribution is -2.65. The molecule has 27 heavy (non-hydrogen) atoms. The summed E-state index contributed by atoms with van der Waals surface area (Å²) < 4.78 is 15.8. The molecule has 2 aliphatic carbocycles. The predicted molar refractivity (Wildman–Crippen MR) is 95.3 cm³/mol. The molecule has 6 heteroatoms. The zero-order valence-electron chi connectivity index (χ0n) is 15.9. The van der Waals surface area contributed by atoms with Crippen LogP contribution in [0.5, 0.6) is 0 Å². The number of fused-ring (bicyclic) bond motifs is 3. The SMILES string of the molecule is COC(=O)[C@@]1(O)C=CC[C@@H]2[C@@]3(C)C[C@@H](c4ccoc4)OC(=O)[C@@H]3CC[C@]21C. The van der Waals surface area contributed by atoms with E-state index in [0.717, 1.165) is 5.56 Å². The van der Waals surface area contributed by atoms with Crippen LogP contribution in [0.1, 0.15) is 51.2 Å². The smallest absolute Gasteiger partial charge is 0.342 e. The topological polar surface area (TPSA) is 86.0 Å². The summed E-state index contributed by atoms with van der Waals surface area (Å²) >= 11 is 0. The van der Waals surface area contributed by atoms with Gasteiger partial charge in [0.1, 0.15) is 6.10 Å². The van der Waals surface area contributed by atoms with Crippen LogP contribution in [0.2, 0.25) is 0 Å². The standard InChI is InChI=1S/C21H26O6/c1-19-11-15(13-7-10-26-12-13)27-17(22)14(19)6-9-20(2)16(19)5-4-8-21(20,24)18(23)25-3/h4,7-8,10,12,14-16,24H,5-6,9,11H2,1-3H3/t14-,15-,16+,19-,20+,21-/m0/s1. The van der Waals surface area contributed by atoms with Gasteiger partial charge in [-0.15, -0.1) is 0 Å². The van der Waals surface area contributed by atoms with Gasteiger partial charge in [0.05, 0.1) is 25.6 Å². The van der Waals surface area contributed by atoms with Gasteiger partial charge in [-0.1, -0.05) is 19.9 Å². The number of ether oxygens (including phenoxy) is 2. The van der Waals surface area contributed by atoms with E-state index in [-0.39, 0.29) is 23.9 Å². The summed E-state index contributed by atoms with van der Waals surface area (Å²) in [5.41, 5.74) is -1.97. The Kier molecular flexibility index (Phi) is 4.04. The van der Waals surface area contributed by atoms with E-state index >= 15 is 0 Å². The molecule has 4 rings (SSSR count). The highest BCUT2D eigenvalue weighted by molar-refractivity contribution is 5.84. The first kappa shape index (κ1) is 18.3. The molecule has 1 aromatic heterocycles. The molecule has 0 radical (unpaired) electrons. The fourth-order valence-electron chi connectivity index (χ4n) is 5.91. The number of furan rings is 1. The number of carbonyl (C=O) groups is 2. The number of allylic oxidation sites excluding steroid dienone is 1. The van der Waals surface area contributed by atoms with Crippen LogP contribution in [0.15, 0.2) is 35.2 Å². The Labute approximate surface area is 158 Å². The molecular formula is C21H26O6. The van der Waals surface area contributed by atoms with Crippen LogP contribution in [0.3, 0.4) is 0 Å². The molecular weight excluding hydrogens is 348 g/mol. The number of hydrogen-bond donors (Lipinski definition) is 1. The highest BCUT2D eigenvalue weighted by atomic mass is 16.5. The number of carbonyl (C=O) groups excluding carboxylic acids is 2. The summed E-state index contributed by atoms with van der Waals surface area (Å²) in [6.45, 7) is 4.05. The van der Waals surface area contributed by atoms with Crippen LogP contribution >= 0.6 is 0 Å². The first-order valence-corrected chi connectivity index (χ1v) is 9.47. The summed E-state index contributed by atoms with van der Waals surface area (Å²) in [6.07, 6.45) is 8.70. The summed E-state index contributed by atoms with van der Waals surface area (Å²) in [7, 11) is 1.29. The van der Waals surface area contributed by atoms with Gasteiger partial charge in [0.2, 0.25) is 0 Å². The van der Waals surface area contributed by atoms with Crippen molar-refractivity contribution >= 4 is 11.9 Å². The van der Waals surface area contributed by atoms with Crippen LogP contribution in [-0.4, -0.2) is 29.8 Å². The lowest BCUT2D eigenvalue weighted by molar-refractivity contribution is -0.216. The van der Waals surface area contributed by atoms with Crippen molar-refractivity contribution in [1.82, 2.24) is 0 Å². The van der Waals surface area contributed by atoms with E-state index < -0.39 is 22.4 Å². The van der Waals surface area contributed by atoms with Gasteiger partial charge in [0.15, 0.2) is 5.60 Å². The highest BCUT2D eigenvalue weighted by Crippen LogP contribution is 2.65. The first-order valence-electron chi connectivity index (χ1n) is 9.47. The minimum absolute atomic E-state index is 0.0555. The average Bonchev–Trinajstić information content (AvgIpc) is 3.16. The van der Waals surface area contributed by atoms with Crippen molar-refractivity contribution in [2.45, 2.75) is 51.2 Å².